The van der Waals surface area contributed by atoms with Gasteiger partial charge < -0.3 is 13.7 Å². The maximum Gasteiger partial charge on any atom is 0.279 e. The second-order valence-electron chi connectivity index (χ2n) is 8.17. The molecule has 3 heterocycles. The van der Waals surface area contributed by atoms with Crippen LogP contribution in [-0.4, -0.2) is 48.9 Å². The SMILES string of the molecule is Cc1ccc(-c2nc(C#N)c(S(=O)(=O)N3CCN(c4oc(-c5ccccc5)nc4C#N)CC3)o2)cc1. The van der Waals surface area contributed by atoms with E-state index in [0.717, 1.165) is 11.1 Å². The third-order valence-electron chi connectivity index (χ3n) is 5.84. The number of nitrogens with zero attached hydrogens (tertiary/aromatic N) is 6. The number of oxazole rings is 2. The van der Waals surface area contributed by atoms with Crippen molar-refractivity contribution in [2.24, 2.45) is 0 Å². The summed E-state index contributed by atoms with van der Waals surface area (Å²) in [5.74, 6) is 0.686. The summed E-state index contributed by atoms with van der Waals surface area (Å²) in [6, 6.07) is 20.3. The van der Waals surface area contributed by atoms with Crippen molar-refractivity contribution in [1.29, 1.82) is 10.5 Å². The summed E-state index contributed by atoms with van der Waals surface area (Å²) in [4.78, 5) is 10.2. The molecular formula is C25H20N6O4S. The first-order valence-corrected chi connectivity index (χ1v) is 12.5. The first-order valence-electron chi connectivity index (χ1n) is 11.1. The maximum atomic E-state index is 13.4. The number of hydrogen-bond donors (Lipinski definition) is 0. The van der Waals surface area contributed by atoms with E-state index in [1.54, 1.807) is 17.0 Å². The second-order valence-corrected chi connectivity index (χ2v) is 10.0. The van der Waals surface area contributed by atoms with E-state index in [2.05, 4.69) is 9.97 Å². The van der Waals surface area contributed by atoms with Crippen LogP contribution in [0.25, 0.3) is 22.9 Å². The Kier molecular flexibility index (Phi) is 6.02. The van der Waals surface area contributed by atoms with Gasteiger partial charge >= 0.3 is 0 Å². The molecule has 11 heteroatoms. The summed E-state index contributed by atoms with van der Waals surface area (Å²) in [5.41, 5.74) is 2.18. The molecule has 1 fully saturated rings. The first-order chi connectivity index (χ1) is 17.4. The minimum absolute atomic E-state index is 0.0672. The molecule has 0 radical (unpaired) electrons. The molecular weight excluding hydrogens is 480 g/mol. The van der Waals surface area contributed by atoms with Gasteiger partial charge in [0.2, 0.25) is 23.4 Å². The number of piperazine rings is 1. The summed E-state index contributed by atoms with van der Waals surface area (Å²) in [5, 5.41) is 18.6. The standard InChI is InChI=1S/C25H20N6O4S/c1-17-7-9-19(10-8-17)23-29-21(16-27)25(35-23)36(32,33)31-13-11-30(12-14-31)24-20(15-26)28-22(34-24)18-5-3-2-4-6-18/h2-10H,11-14H2,1H3. The molecule has 2 aromatic carbocycles. The molecule has 1 saturated heterocycles. The Balaban J connectivity index is 1.37. The van der Waals surface area contributed by atoms with Crippen LogP contribution in [0.4, 0.5) is 5.88 Å². The van der Waals surface area contributed by atoms with Crippen molar-refractivity contribution in [3.63, 3.8) is 0 Å². The monoisotopic (exact) mass is 500 g/mol. The molecule has 5 rings (SSSR count). The van der Waals surface area contributed by atoms with Gasteiger partial charge in [-0.3, -0.25) is 0 Å². The fraction of sp³-hybridized carbons (Fsp3) is 0.200. The van der Waals surface area contributed by atoms with E-state index in [-0.39, 0.29) is 43.5 Å². The number of benzene rings is 2. The zero-order valence-corrected chi connectivity index (χ0v) is 20.1. The van der Waals surface area contributed by atoms with Crippen molar-refractivity contribution in [1.82, 2.24) is 14.3 Å². The van der Waals surface area contributed by atoms with Crippen molar-refractivity contribution >= 4 is 15.9 Å². The molecule has 0 saturated carbocycles. The number of rotatable bonds is 5. The van der Waals surface area contributed by atoms with E-state index in [9.17, 15) is 18.9 Å². The summed E-state index contributed by atoms with van der Waals surface area (Å²) in [6.07, 6.45) is 0. The Labute approximate surface area is 207 Å². The Bertz CT molecular complexity index is 1590. The van der Waals surface area contributed by atoms with Gasteiger partial charge in [-0.2, -0.15) is 24.8 Å². The largest absolute Gasteiger partial charge is 0.422 e. The highest BCUT2D eigenvalue weighted by molar-refractivity contribution is 7.89. The molecule has 1 aliphatic rings. The number of aryl methyl sites for hydroxylation is 1. The summed E-state index contributed by atoms with van der Waals surface area (Å²) >= 11 is 0. The van der Waals surface area contributed by atoms with E-state index in [0.29, 0.717) is 17.3 Å². The highest BCUT2D eigenvalue weighted by atomic mass is 32.2. The van der Waals surface area contributed by atoms with Crippen molar-refractivity contribution in [3.8, 4) is 35.0 Å². The molecule has 0 aliphatic carbocycles. The summed E-state index contributed by atoms with van der Waals surface area (Å²) in [6.45, 7) is 2.65. The molecule has 0 unspecified atom stereocenters. The maximum absolute atomic E-state index is 13.4. The highest BCUT2D eigenvalue weighted by Gasteiger charge is 2.36. The van der Waals surface area contributed by atoms with Gasteiger partial charge in [0.05, 0.1) is 0 Å². The van der Waals surface area contributed by atoms with E-state index in [1.165, 1.54) is 4.31 Å². The van der Waals surface area contributed by atoms with Gasteiger partial charge in [-0.15, -0.1) is 0 Å². The zero-order valence-electron chi connectivity index (χ0n) is 19.2. The number of aromatic nitrogens is 2. The molecule has 1 aliphatic heterocycles. The van der Waals surface area contributed by atoms with Gasteiger partial charge in [-0.1, -0.05) is 35.9 Å². The Morgan fingerprint density at radius 3 is 2.03 bits per heavy atom. The first kappa shape index (κ1) is 23.3. The second kappa shape index (κ2) is 9.30. The van der Waals surface area contributed by atoms with Crippen LogP contribution in [0.3, 0.4) is 0 Å². The molecule has 36 heavy (non-hydrogen) atoms. The number of hydrogen-bond acceptors (Lipinski definition) is 9. The minimum atomic E-state index is -4.12. The molecule has 2 aromatic heterocycles. The lowest BCUT2D eigenvalue weighted by Crippen LogP contribution is -2.48. The van der Waals surface area contributed by atoms with Crippen LogP contribution in [-0.2, 0) is 10.0 Å². The van der Waals surface area contributed by atoms with E-state index < -0.39 is 15.1 Å². The van der Waals surface area contributed by atoms with Crippen LogP contribution in [0, 0.1) is 29.6 Å². The van der Waals surface area contributed by atoms with Crippen molar-refractivity contribution < 1.29 is 17.3 Å². The Morgan fingerprint density at radius 1 is 0.806 bits per heavy atom. The topological polar surface area (TPSA) is 140 Å². The van der Waals surface area contributed by atoms with Crippen LogP contribution in [0.15, 0.2) is 68.5 Å². The fourth-order valence-corrected chi connectivity index (χ4v) is 5.32. The molecule has 0 atom stereocenters. The van der Waals surface area contributed by atoms with Crippen LogP contribution in [0.5, 0.6) is 0 Å². The van der Waals surface area contributed by atoms with Gasteiger partial charge in [0, 0.05) is 37.3 Å². The summed E-state index contributed by atoms with van der Waals surface area (Å²) in [7, 11) is -4.12. The smallest absolute Gasteiger partial charge is 0.279 e. The third-order valence-corrected chi connectivity index (χ3v) is 7.63. The predicted molar refractivity (Wildman–Crippen MR) is 129 cm³/mol. The zero-order chi connectivity index (χ0) is 25.3. The average molecular weight is 501 g/mol. The molecule has 0 N–H and O–H groups in total. The van der Waals surface area contributed by atoms with Crippen molar-refractivity contribution in [2.75, 3.05) is 31.1 Å². The van der Waals surface area contributed by atoms with Gasteiger partial charge in [0.15, 0.2) is 5.69 Å². The molecule has 0 spiro atoms. The van der Waals surface area contributed by atoms with Gasteiger partial charge in [0.25, 0.3) is 15.1 Å². The highest BCUT2D eigenvalue weighted by Crippen LogP contribution is 2.31. The molecule has 180 valence electrons. The lowest BCUT2D eigenvalue weighted by atomic mass is 10.1. The van der Waals surface area contributed by atoms with Gasteiger partial charge in [-0.25, -0.2) is 8.42 Å². The van der Waals surface area contributed by atoms with Gasteiger partial charge in [-0.05, 0) is 31.2 Å². The van der Waals surface area contributed by atoms with E-state index in [1.807, 2.05) is 61.5 Å². The van der Waals surface area contributed by atoms with Crippen LogP contribution >= 0.6 is 0 Å². The lowest BCUT2D eigenvalue weighted by Gasteiger charge is -2.33. The number of sulfonamides is 1. The summed E-state index contributed by atoms with van der Waals surface area (Å²) < 4.78 is 39.4. The molecule has 0 amide bonds. The molecule has 4 aromatic rings. The van der Waals surface area contributed by atoms with Crippen molar-refractivity contribution in [3.05, 3.63) is 71.5 Å². The normalized spacial score (nSPS) is 14.4. The Morgan fingerprint density at radius 2 is 1.39 bits per heavy atom. The predicted octanol–water partition coefficient (Wildman–Crippen LogP) is 3.56. The van der Waals surface area contributed by atoms with E-state index >= 15 is 0 Å². The molecule has 10 nitrogen and oxygen atoms in total. The number of anilines is 1. The average Bonchev–Trinajstić information content (AvgIpc) is 3.55. The fourth-order valence-electron chi connectivity index (χ4n) is 3.92. The Hall–Kier alpha value is -4.45. The van der Waals surface area contributed by atoms with Gasteiger partial charge in [0.1, 0.15) is 12.1 Å². The third kappa shape index (κ3) is 4.22. The lowest BCUT2D eigenvalue weighted by molar-refractivity contribution is 0.356. The molecule has 0 bridgehead atoms. The van der Waals surface area contributed by atoms with Crippen LogP contribution < -0.4 is 4.90 Å². The van der Waals surface area contributed by atoms with E-state index in [4.69, 9.17) is 8.83 Å². The number of nitriles is 2. The van der Waals surface area contributed by atoms with Crippen LogP contribution in [0.1, 0.15) is 17.0 Å². The van der Waals surface area contributed by atoms with Crippen LogP contribution in [0.2, 0.25) is 0 Å². The quantitative estimate of drug-likeness (QED) is 0.402. The van der Waals surface area contributed by atoms with Crippen molar-refractivity contribution in [2.45, 2.75) is 12.0 Å². The minimum Gasteiger partial charge on any atom is -0.422 e.